The lowest BCUT2D eigenvalue weighted by molar-refractivity contribution is 0.163. The molecular weight excluding hydrogens is 266 g/mol. The van der Waals surface area contributed by atoms with E-state index in [2.05, 4.69) is 5.32 Å². The summed E-state index contributed by atoms with van der Waals surface area (Å²) in [6.07, 6.45) is 4.87. The van der Waals surface area contributed by atoms with Crippen LogP contribution in [0.15, 0.2) is 18.2 Å². The van der Waals surface area contributed by atoms with Gasteiger partial charge in [-0.25, -0.2) is 0 Å². The van der Waals surface area contributed by atoms with Crippen molar-refractivity contribution >= 4 is 0 Å². The Bertz CT molecular complexity index is 469. The van der Waals surface area contributed by atoms with Gasteiger partial charge in [-0.3, -0.25) is 0 Å². The first-order chi connectivity index (χ1) is 10.2. The van der Waals surface area contributed by atoms with Gasteiger partial charge in [-0.05, 0) is 48.8 Å². The highest BCUT2D eigenvalue weighted by molar-refractivity contribution is 5.39. The molecule has 0 saturated heterocycles. The highest BCUT2D eigenvalue weighted by Gasteiger charge is 2.39. The first-order valence-corrected chi connectivity index (χ1v) is 7.84. The predicted molar refractivity (Wildman–Crippen MR) is 81.7 cm³/mol. The van der Waals surface area contributed by atoms with Crippen LogP contribution >= 0.6 is 0 Å². The van der Waals surface area contributed by atoms with Crippen molar-refractivity contribution in [2.24, 2.45) is 11.8 Å². The summed E-state index contributed by atoms with van der Waals surface area (Å²) in [7, 11) is 3.25. The molecule has 4 heteroatoms. The number of aliphatic hydroxyl groups is 1. The van der Waals surface area contributed by atoms with E-state index in [0.717, 1.165) is 17.4 Å². The van der Waals surface area contributed by atoms with Gasteiger partial charge in [-0.1, -0.05) is 6.42 Å². The Morgan fingerprint density at radius 3 is 2.38 bits per heavy atom. The van der Waals surface area contributed by atoms with Crippen molar-refractivity contribution in [1.82, 2.24) is 5.32 Å². The SMILES string of the molecule is COc1cc(OC)cc([C@@H](O)CN[C@H]2C[C@H]3CC[C@H]2C3)c1. The fraction of sp³-hybridized carbons (Fsp3) is 0.647. The Hall–Kier alpha value is -1.26. The lowest BCUT2D eigenvalue weighted by Crippen LogP contribution is -2.36. The highest BCUT2D eigenvalue weighted by atomic mass is 16.5. The minimum absolute atomic E-state index is 0.534. The van der Waals surface area contributed by atoms with Crippen molar-refractivity contribution in [1.29, 1.82) is 0 Å². The molecule has 0 aliphatic heterocycles. The summed E-state index contributed by atoms with van der Waals surface area (Å²) in [6.45, 7) is 0.588. The van der Waals surface area contributed by atoms with Gasteiger partial charge in [0.15, 0.2) is 0 Å². The van der Waals surface area contributed by atoms with Crippen molar-refractivity contribution in [3.63, 3.8) is 0 Å². The first kappa shape index (κ1) is 14.7. The number of benzene rings is 1. The number of methoxy groups -OCH3 is 2. The van der Waals surface area contributed by atoms with Crippen LogP contribution < -0.4 is 14.8 Å². The second-order valence-electron chi connectivity index (χ2n) is 6.35. The zero-order valence-electron chi connectivity index (χ0n) is 12.8. The van der Waals surface area contributed by atoms with E-state index in [1.807, 2.05) is 18.2 Å². The molecule has 0 heterocycles. The van der Waals surface area contributed by atoms with Gasteiger partial charge in [0, 0.05) is 18.7 Å². The molecule has 4 nitrogen and oxygen atoms in total. The zero-order valence-corrected chi connectivity index (χ0v) is 12.8. The number of hydrogen-bond acceptors (Lipinski definition) is 4. The summed E-state index contributed by atoms with van der Waals surface area (Å²) < 4.78 is 10.5. The van der Waals surface area contributed by atoms with Crippen LogP contribution in [0.3, 0.4) is 0 Å². The average Bonchev–Trinajstić information content (AvgIpc) is 3.14. The molecule has 2 aliphatic rings. The molecule has 2 N–H and O–H groups in total. The van der Waals surface area contributed by atoms with Crippen LogP contribution in [0.25, 0.3) is 0 Å². The molecule has 3 rings (SSSR count). The van der Waals surface area contributed by atoms with Crippen molar-refractivity contribution < 1.29 is 14.6 Å². The highest BCUT2D eigenvalue weighted by Crippen LogP contribution is 2.44. The number of fused-ring (bicyclic) bond motifs is 2. The van der Waals surface area contributed by atoms with Crippen molar-refractivity contribution in [2.45, 2.75) is 37.8 Å². The van der Waals surface area contributed by atoms with E-state index in [1.54, 1.807) is 14.2 Å². The molecule has 0 unspecified atom stereocenters. The standard InChI is InChI=1S/C17H25NO3/c1-20-14-7-13(8-15(9-14)21-2)17(19)10-18-16-6-11-3-4-12(16)5-11/h7-9,11-12,16-19H,3-6,10H2,1-2H3/t11-,12-,16-,17-/m0/s1. The van der Waals surface area contributed by atoms with Crippen molar-refractivity contribution in [3.05, 3.63) is 23.8 Å². The molecular formula is C17H25NO3. The van der Waals surface area contributed by atoms with Crippen molar-refractivity contribution in [2.75, 3.05) is 20.8 Å². The number of nitrogens with one attached hydrogen (secondary N) is 1. The molecule has 2 fully saturated rings. The molecule has 2 bridgehead atoms. The Morgan fingerprint density at radius 1 is 1.14 bits per heavy atom. The average molecular weight is 291 g/mol. The Kier molecular flexibility index (Phi) is 4.36. The lowest BCUT2D eigenvalue weighted by Gasteiger charge is -2.24. The maximum absolute atomic E-state index is 10.4. The number of ether oxygens (including phenoxy) is 2. The summed E-state index contributed by atoms with van der Waals surface area (Å²) in [5, 5.41) is 14.0. The molecule has 1 aromatic carbocycles. The second-order valence-corrected chi connectivity index (χ2v) is 6.35. The number of rotatable bonds is 6. The predicted octanol–water partition coefficient (Wildman–Crippen LogP) is 2.52. The monoisotopic (exact) mass is 291 g/mol. The molecule has 0 amide bonds. The van der Waals surface area contributed by atoms with Gasteiger partial charge < -0.3 is 19.9 Å². The summed E-state index contributed by atoms with van der Waals surface area (Å²) in [4.78, 5) is 0. The summed E-state index contributed by atoms with van der Waals surface area (Å²) in [5.41, 5.74) is 0.835. The molecule has 0 aromatic heterocycles. The van der Waals surface area contributed by atoms with E-state index >= 15 is 0 Å². The number of aliphatic hydroxyl groups excluding tert-OH is 1. The third-order valence-electron chi connectivity index (χ3n) is 5.07. The maximum Gasteiger partial charge on any atom is 0.122 e. The third kappa shape index (κ3) is 3.16. The van der Waals surface area contributed by atoms with Gasteiger partial charge in [0.2, 0.25) is 0 Å². The van der Waals surface area contributed by atoms with Gasteiger partial charge in [0.1, 0.15) is 11.5 Å². The summed E-state index contributed by atoms with van der Waals surface area (Å²) in [6, 6.07) is 6.15. The van der Waals surface area contributed by atoms with Gasteiger partial charge >= 0.3 is 0 Å². The minimum atomic E-state index is -0.534. The van der Waals surface area contributed by atoms with E-state index < -0.39 is 6.10 Å². The molecule has 4 atom stereocenters. The van der Waals surface area contributed by atoms with E-state index in [9.17, 15) is 5.11 Å². The van der Waals surface area contributed by atoms with Crippen LogP contribution in [0.1, 0.15) is 37.4 Å². The van der Waals surface area contributed by atoms with E-state index in [-0.39, 0.29) is 0 Å². The van der Waals surface area contributed by atoms with Gasteiger partial charge in [0.25, 0.3) is 0 Å². The van der Waals surface area contributed by atoms with Crippen LogP contribution in [0.2, 0.25) is 0 Å². The van der Waals surface area contributed by atoms with Crippen LogP contribution in [-0.4, -0.2) is 31.9 Å². The topological polar surface area (TPSA) is 50.7 Å². The molecule has 0 radical (unpaired) electrons. The van der Waals surface area contributed by atoms with Gasteiger partial charge in [0.05, 0.1) is 20.3 Å². The number of hydrogen-bond donors (Lipinski definition) is 2. The Balaban J connectivity index is 1.61. The smallest absolute Gasteiger partial charge is 0.122 e. The van der Waals surface area contributed by atoms with E-state index in [4.69, 9.17) is 9.47 Å². The van der Waals surface area contributed by atoms with Gasteiger partial charge in [-0.2, -0.15) is 0 Å². The molecule has 0 spiro atoms. The molecule has 1 aromatic rings. The van der Waals surface area contributed by atoms with Crippen molar-refractivity contribution in [3.8, 4) is 11.5 Å². The minimum Gasteiger partial charge on any atom is -0.497 e. The fourth-order valence-corrected chi connectivity index (χ4v) is 3.90. The molecule has 21 heavy (non-hydrogen) atoms. The molecule has 116 valence electrons. The molecule has 2 saturated carbocycles. The summed E-state index contributed by atoms with van der Waals surface area (Å²) >= 11 is 0. The van der Waals surface area contributed by atoms with Crippen LogP contribution in [0.5, 0.6) is 11.5 Å². The Morgan fingerprint density at radius 2 is 1.86 bits per heavy atom. The summed E-state index contributed by atoms with van der Waals surface area (Å²) in [5.74, 6) is 3.16. The normalized spacial score (nSPS) is 28.6. The first-order valence-electron chi connectivity index (χ1n) is 7.84. The lowest BCUT2D eigenvalue weighted by atomic mass is 9.95. The van der Waals surface area contributed by atoms with Crippen LogP contribution in [0.4, 0.5) is 0 Å². The molecule has 2 aliphatic carbocycles. The van der Waals surface area contributed by atoms with Crippen LogP contribution in [0, 0.1) is 11.8 Å². The quantitative estimate of drug-likeness (QED) is 0.845. The third-order valence-corrected chi connectivity index (χ3v) is 5.07. The second kappa shape index (κ2) is 6.24. The largest absolute Gasteiger partial charge is 0.497 e. The van der Waals surface area contributed by atoms with E-state index in [1.165, 1.54) is 25.7 Å². The van der Waals surface area contributed by atoms with Crippen LogP contribution in [-0.2, 0) is 0 Å². The van der Waals surface area contributed by atoms with E-state index in [0.29, 0.717) is 24.1 Å². The van der Waals surface area contributed by atoms with Gasteiger partial charge in [-0.15, -0.1) is 0 Å². The Labute approximate surface area is 126 Å². The maximum atomic E-state index is 10.4. The zero-order chi connectivity index (χ0) is 14.8. The fourth-order valence-electron chi connectivity index (χ4n) is 3.90.